The minimum absolute atomic E-state index is 0.0124. The number of carbonyl (C=O) groups is 3. The van der Waals surface area contributed by atoms with E-state index in [2.05, 4.69) is 6.92 Å². The second-order valence-electron chi connectivity index (χ2n) is 7.35. The molecule has 0 radical (unpaired) electrons. The van der Waals surface area contributed by atoms with Crippen LogP contribution in [0.3, 0.4) is 0 Å². The first kappa shape index (κ1) is 22.1. The normalized spacial score (nSPS) is 12.7. The fourth-order valence-electron chi connectivity index (χ4n) is 3.53. The third kappa shape index (κ3) is 4.79. The van der Waals surface area contributed by atoms with E-state index in [4.69, 9.17) is 4.74 Å². The molecule has 0 fully saturated rings. The minimum Gasteiger partial charge on any atom is -0.462 e. The van der Waals surface area contributed by atoms with Gasteiger partial charge in [-0.1, -0.05) is 45.1 Å². The molecule has 3 rings (SSSR count). The molecule has 2 aromatic carbocycles. The van der Waals surface area contributed by atoms with Gasteiger partial charge in [0.25, 0.3) is 17.5 Å². The second kappa shape index (κ2) is 9.97. The van der Waals surface area contributed by atoms with Crippen LogP contribution in [0.1, 0.15) is 76.5 Å². The van der Waals surface area contributed by atoms with Crippen molar-refractivity contribution in [2.45, 2.75) is 45.4 Å². The van der Waals surface area contributed by atoms with E-state index in [0.717, 1.165) is 24.2 Å². The van der Waals surface area contributed by atoms with Gasteiger partial charge in [-0.25, -0.2) is 9.69 Å². The van der Waals surface area contributed by atoms with Crippen molar-refractivity contribution in [3.8, 4) is 0 Å². The number of esters is 1. The molecule has 0 spiro atoms. The summed E-state index contributed by atoms with van der Waals surface area (Å²) in [4.78, 5) is 49.0. The average Bonchev–Trinajstić information content (AvgIpc) is 3.03. The zero-order valence-electron chi connectivity index (χ0n) is 17.3. The molecule has 0 aromatic heterocycles. The first-order valence-electron chi connectivity index (χ1n) is 10.4. The van der Waals surface area contributed by atoms with Crippen LogP contribution in [0.5, 0.6) is 0 Å². The van der Waals surface area contributed by atoms with Crippen LogP contribution in [-0.4, -0.2) is 29.3 Å². The number of nitro benzene ring substituents is 1. The third-order valence-corrected chi connectivity index (χ3v) is 5.18. The van der Waals surface area contributed by atoms with Crippen molar-refractivity contribution < 1.29 is 24.0 Å². The van der Waals surface area contributed by atoms with Gasteiger partial charge in [0.15, 0.2) is 0 Å². The van der Waals surface area contributed by atoms with E-state index in [1.807, 2.05) is 0 Å². The average molecular weight is 424 g/mol. The molecule has 1 heterocycles. The van der Waals surface area contributed by atoms with Gasteiger partial charge in [0.1, 0.15) is 5.56 Å². The zero-order chi connectivity index (χ0) is 22.4. The number of fused-ring (bicyclic) bond motifs is 1. The summed E-state index contributed by atoms with van der Waals surface area (Å²) < 4.78 is 5.27. The third-order valence-electron chi connectivity index (χ3n) is 5.18. The predicted molar refractivity (Wildman–Crippen MR) is 114 cm³/mol. The fraction of sp³-hybridized carbons (Fsp3) is 0.348. The van der Waals surface area contributed by atoms with Gasteiger partial charge < -0.3 is 4.74 Å². The molecular weight excluding hydrogens is 400 g/mol. The molecule has 8 heteroatoms. The monoisotopic (exact) mass is 424 g/mol. The molecule has 0 unspecified atom stereocenters. The van der Waals surface area contributed by atoms with Crippen LogP contribution in [-0.2, 0) is 4.74 Å². The molecule has 2 aromatic rings. The van der Waals surface area contributed by atoms with Crippen molar-refractivity contribution in [1.82, 2.24) is 0 Å². The Morgan fingerprint density at radius 3 is 2.32 bits per heavy atom. The number of amides is 2. The van der Waals surface area contributed by atoms with Crippen LogP contribution >= 0.6 is 0 Å². The van der Waals surface area contributed by atoms with Crippen molar-refractivity contribution >= 4 is 29.2 Å². The topological polar surface area (TPSA) is 107 Å². The Kier molecular flexibility index (Phi) is 7.12. The number of unbranched alkanes of at least 4 members (excludes halogenated alkanes) is 5. The van der Waals surface area contributed by atoms with Gasteiger partial charge in [0, 0.05) is 6.07 Å². The van der Waals surface area contributed by atoms with E-state index >= 15 is 0 Å². The SMILES string of the molecule is CCCCCCCCOC(=O)c1ccc(N2C(=O)c3cccc([N+](=O)[O-])c3C2=O)cc1. The number of imide groups is 1. The van der Waals surface area contributed by atoms with Gasteiger partial charge in [-0.05, 0) is 36.8 Å². The lowest BCUT2D eigenvalue weighted by molar-refractivity contribution is -0.385. The summed E-state index contributed by atoms with van der Waals surface area (Å²) in [7, 11) is 0. The van der Waals surface area contributed by atoms with Crippen molar-refractivity contribution in [2.75, 3.05) is 11.5 Å². The van der Waals surface area contributed by atoms with E-state index in [9.17, 15) is 24.5 Å². The summed E-state index contributed by atoms with van der Waals surface area (Å²) in [6, 6.07) is 9.79. The van der Waals surface area contributed by atoms with Crippen LogP contribution in [0.25, 0.3) is 0 Å². The summed E-state index contributed by atoms with van der Waals surface area (Å²) in [6.07, 6.45) is 6.53. The molecule has 0 N–H and O–H groups in total. The molecule has 0 bridgehead atoms. The number of nitrogens with zero attached hydrogens (tertiary/aromatic N) is 2. The molecule has 1 aliphatic rings. The molecule has 0 atom stereocenters. The van der Waals surface area contributed by atoms with E-state index < -0.39 is 28.4 Å². The molecule has 2 amide bonds. The summed E-state index contributed by atoms with van der Waals surface area (Å²) in [6.45, 7) is 2.50. The van der Waals surface area contributed by atoms with E-state index in [1.165, 1.54) is 61.7 Å². The summed E-state index contributed by atoms with van der Waals surface area (Å²) >= 11 is 0. The zero-order valence-corrected chi connectivity index (χ0v) is 17.3. The van der Waals surface area contributed by atoms with Crippen LogP contribution in [0.2, 0.25) is 0 Å². The summed E-state index contributed by atoms with van der Waals surface area (Å²) in [5.41, 5.74) is -0.111. The highest BCUT2D eigenvalue weighted by Gasteiger charge is 2.41. The Balaban J connectivity index is 1.63. The van der Waals surface area contributed by atoms with Gasteiger partial charge >= 0.3 is 5.97 Å². The van der Waals surface area contributed by atoms with Crippen molar-refractivity contribution in [2.24, 2.45) is 0 Å². The number of rotatable bonds is 10. The van der Waals surface area contributed by atoms with Crippen molar-refractivity contribution in [3.05, 3.63) is 69.3 Å². The van der Waals surface area contributed by atoms with Gasteiger partial charge in [-0.2, -0.15) is 0 Å². The Hall–Kier alpha value is -3.55. The van der Waals surface area contributed by atoms with Gasteiger partial charge in [-0.3, -0.25) is 19.7 Å². The summed E-state index contributed by atoms with van der Waals surface area (Å²) in [5.74, 6) is -1.87. The van der Waals surface area contributed by atoms with Crippen LogP contribution in [0.4, 0.5) is 11.4 Å². The lowest BCUT2D eigenvalue weighted by Crippen LogP contribution is -2.29. The smallest absolute Gasteiger partial charge is 0.338 e. The Morgan fingerprint density at radius 2 is 1.65 bits per heavy atom. The maximum absolute atomic E-state index is 12.7. The number of hydrogen-bond donors (Lipinski definition) is 0. The van der Waals surface area contributed by atoms with Gasteiger partial charge in [-0.15, -0.1) is 0 Å². The first-order chi connectivity index (χ1) is 15.0. The number of carbonyl (C=O) groups excluding carboxylic acids is 3. The highest BCUT2D eigenvalue weighted by molar-refractivity contribution is 6.35. The highest BCUT2D eigenvalue weighted by atomic mass is 16.6. The number of benzene rings is 2. The van der Waals surface area contributed by atoms with Crippen molar-refractivity contribution in [1.29, 1.82) is 0 Å². The molecule has 8 nitrogen and oxygen atoms in total. The van der Waals surface area contributed by atoms with Crippen LogP contribution in [0, 0.1) is 10.1 Å². The maximum atomic E-state index is 12.7. The molecule has 0 aliphatic carbocycles. The van der Waals surface area contributed by atoms with Crippen LogP contribution < -0.4 is 4.90 Å². The lowest BCUT2D eigenvalue weighted by atomic mass is 10.1. The van der Waals surface area contributed by atoms with E-state index in [-0.39, 0.29) is 16.8 Å². The van der Waals surface area contributed by atoms with Gasteiger partial charge in [0.2, 0.25) is 0 Å². The first-order valence-corrected chi connectivity index (χ1v) is 10.4. The van der Waals surface area contributed by atoms with Crippen molar-refractivity contribution in [3.63, 3.8) is 0 Å². The molecule has 1 aliphatic heterocycles. The lowest BCUT2D eigenvalue weighted by Gasteiger charge is -2.14. The molecule has 0 saturated carbocycles. The quantitative estimate of drug-likeness (QED) is 0.176. The molecule has 162 valence electrons. The number of ether oxygens (including phenoxy) is 1. The second-order valence-corrected chi connectivity index (χ2v) is 7.35. The summed E-state index contributed by atoms with van der Waals surface area (Å²) in [5, 5.41) is 11.2. The fourth-order valence-corrected chi connectivity index (χ4v) is 3.53. The van der Waals surface area contributed by atoms with E-state index in [1.54, 1.807) is 0 Å². The Bertz CT molecular complexity index is 1000. The number of nitro groups is 1. The standard InChI is InChI=1S/C23H24N2O6/c1-2-3-4-5-6-7-15-31-23(28)16-11-13-17(14-12-16)24-21(26)18-9-8-10-19(25(29)30)20(18)22(24)27/h8-14H,2-7,15H2,1H3. The minimum atomic E-state index is -0.759. The van der Waals surface area contributed by atoms with E-state index in [0.29, 0.717) is 12.2 Å². The molecule has 0 saturated heterocycles. The number of anilines is 1. The largest absolute Gasteiger partial charge is 0.462 e. The maximum Gasteiger partial charge on any atom is 0.338 e. The Morgan fingerprint density at radius 1 is 0.968 bits per heavy atom. The highest BCUT2D eigenvalue weighted by Crippen LogP contribution is 2.33. The number of hydrogen-bond acceptors (Lipinski definition) is 6. The molecular formula is C23H24N2O6. The Labute approximate surface area is 180 Å². The predicted octanol–water partition coefficient (Wildman–Crippen LogP) is 4.91. The van der Waals surface area contributed by atoms with Crippen LogP contribution in [0.15, 0.2) is 42.5 Å². The molecule has 31 heavy (non-hydrogen) atoms. The van der Waals surface area contributed by atoms with Gasteiger partial charge in [0.05, 0.1) is 28.3 Å².